The van der Waals surface area contributed by atoms with Gasteiger partial charge in [0.25, 0.3) is 0 Å². The number of nitrogens with zero attached hydrogens (tertiary/aromatic N) is 1. The number of nitrogens with two attached hydrogens (primary N) is 1. The Morgan fingerprint density at radius 1 is 1.53 bits per heavy atom. The number of nitrogens with one attached hydrogen (secondary N) is 1. The van der Waals surface area contributed by atoms with Crippen LogP contribution in [0.1, 0.15) is 15.8 Å². The second kappa shape index (κ2) is 5.18. The van der Waals surface area contributed by atoms with Gasteiger partial charge < -0.3 is 0 Å². The van der Waals surface area contributed by atoms with Gasteiger partial charge in [0.1, 0.15) is 0 Å². The van der Waals surface area contributed by atoms with E-state index >= 15 is 0 Å². The first kappa shape index (κ1) is 11.2. The van der Waals surface area contributed by atoms with E-state index in [2.05, 4.69) is 31.7 Å². The molecule has 1 atom stereocenters. The second-order valence-electron chi connectivity index (χ2n) is 3.02. The first-order valence-corrected chi connectivity index (χ1v) is 6.93. The van der Waals surface area contributed by atoms with Crippen molar-refractivity contribution in [2.75, 3.05) is 0 Å². The summed E-state index contributed by atoms with van der Waals surface area (Å²) in [6.07, 6.45) is 2.76. The summed E-state index contributed by atoms with van der Waals surface area (Å²) in [5, 5.41) is 2.05. The van der Waals surface area contributed by atoms with E-state index in [4.69, 9.17) is 5.84 Å². The minimum Gasteiger partial charge on any atom is -0.271 e. The minimum absolute atomic E-state index is 0.153. The van der Waals surface area contributed by atoms with Crippen LogP contribution in [0.2, 0.25) is 0 Å². The number of thiophene rings is 1. The molecular formula is C9H10BrN3S2. The van der Waals surface area contributed by atoms with Crippen molar-refractivity contribution in [1.82, 2.24) is 10.4 Å². The molecule has 0 amide bonds. The van der Waals surface area contributed by atoms with Gasteiger partial charge in [-0.2, -0.15) is 0 Å². The molecule has 2 aromatic rings. The third kappa shape index (κ3) is 2.64. The Bertz CT molecular complexity index is 413. The number of hydrazine groups is 1. The molecule has 2 heterocycles. The molecule has 0 aliphatic rings. The molecule has 0 aromatic carbocycles. The van der Waals surface area contributed by atoms with Gasteiger partial charge in [0.05, 0.1) is 11.6 Å². The summed E-state index contributed by atoms with van der Waals surface area (Å²) in [5.41, 5.74) is 4.68. The highest BCUT2D eigenvalue weighted by atomic mass is 79.9. The zero-order valence-corrected chi connectivity index (χ0v) is 11.0. The molecule has 0 bridgehead atoms. The average Bonchev–Trinajstić information content (AvgIpc) is 2.85. The van der Waals surface area contributed by atoms with E-state index in [1.54, 1.807) is 22.7 Å². The minimum atomic E-state index is 0.153. The molecule has 2 rings (SSSR count). The highest BCUT2D eigenvalue weighted by Gasteiger charge is 2.15. The van der Waals surface area contributed by atoms with Crippen LogP contribution in [0.3, 0.4) is 0 Å². The normalized spacial score (nSPS) is 12.9. The number of rotatable bonds is 4. The van der Waals surface area contributed by atoms with Gasteiger partial charge in [0.2, 0.25) is 0 Å². The number of thiazole rings is 1. The molecule has 0 spiro atoms. The fourth-order valence-electron chi connectivity index (χ4n) is 1.33. The van der Waals surface area contributed by atoms with E-state index in [1.807, 2.05) is 17.8 Å². The molecule has 3 N–H and O–H groups in total. The van der Waals surface area contributed by atoms with Crippen LogP contribution in [0.4, 0.5) is 0 Å². The van der Waals surface area contributed by atoms with Crippen LogP contribution in [-0.2, 0) is 6.42 Å². The van der Waals surface area contributed by atoms with Gasteiger partial charge in [-0.05, 0) is 27.4 Å². The molecule has 80 valence electrons. The van der Waals surface area contributed by atoms with Crippen molar-refractivity contribution in [3.8, 4) is 0 Å². The van der Waals surface area contributed by atoms with Gasteiger partial charge in [-0.1, -0.05) is 0 Å². The fraction of sp³-hybridized carbons (Fsp3) is 0.222. The first-order chi connectivity index (χ1) is 7.31. The molecule has 0 radical (unpaired) electrons. The molecular weight excluding hydrogens is 294 g/mol. The first-order valence-electron chi connectivity index (χ1n) is 4.37. The molecule has 2 aromatic heterocycles. The van der Waals surface area contributed by atoms with Crippen LogP contribution in [0.5, 0.6) is 0 Å². The van der Waals surface area contributed by atoms with Crippen LogP contribution in [0.15, 0.2) is 27.6 Å². The zero-order chi connectivity index (χ0) is 10.7. The standard InChI is InChI=1S/C9H10BrN3S2/c10-7-1-2-14-9(7)8(13-11)3-6-4-12-5-15-6/h1-2,4-5,8,13H,3,11H2. The van der Waals surface area contributed by atoms with Gasteiger partial charge in [-0.15, -0.1) is 22.7 Å². The largest absolute Gasteiger partial charge is 0.271 e. The van der Waals surface area contributed by atoms with Gasteiger partial charge in [-0.3, -0.25) is 16.3 Å². The average molecular weight is 304 g/mol. The van der Waals surface area contributed by atoms with Gasteiger partial charge in [0.15, 0.2) is 0 Å². The van der Waals surface area contributed by atoms with Crippen LogP contribution in [0.25, 0.3) is 0 Å². The van der Waals surface area contributed by atoms with Gasteiger partial charge in [-0.25, -0.2) is 0 Å². The maximum absolute atomic E-state index is 5.57. The highest BCUT2D eigenvalue weighted by Crippen LogP contribution is 2.31. The van der Waals surface area contributed by atoms with E-state index in [1.165, 1.54) is 9.75 Å². The molecule has 0 aliphatic heterocycles. The van der Waals surface area contributed by atoms with E-state index in [-0.39, 0.29) is 6.04 Å². The van der Waals surface area contributed by atoms with E-state index in [0.717, 1.165) is 10.9 Å². The van der Waals surface area contributed by atoms with Gasteiger partial charge in [0, 0.05) is 26.8 Å². The number of aromatic nitrogens is 1. The smallest absolute Gasteiger partial charge is 0.0794 e. The number of halogens is 1. The van der Waals surface area contributed by atoms with Crippen molar-refractivity contribution in [2.24, 2.45) is 5.84 Å². The predicted octanol–water partition coefficient (Wildman–Crippen LogP) is 2.71. The molecule has 0 aliphatic carbocycles. The number of hydrogen-bond acceptors (Lipinski definition) is 5. The Kier molecular flexibility index (Phi) is 3.87. The fourth-order valence-corrected chi connectivity index (χ4v) is 3.68. The quantitative estimate of drug-likeness (QED) is 0.674. The zero-order valence-electron chi connectivity index (χ0n) is 7.81. The predicted molar refractivity (Wildman–Crippen MR) is 67.9 cm³/mol. The SMILES string of the molecule is NNC(Cc1cncs1)c1sccc1Br. The topological polar surface area (TPSA) is 50.9 Å². The van der Waals surface area contributed by atoms with Crippen molar-refractivity contribution in [1.29, 1.82) is 0 Å². The van der Waals surface area contributed by atoms with Crippen molar-refractivity contribution < 1.29 is 0 Å². The summed E-state index contributed by atoms with van der Waals surface area (Å²) in [7, 11) is 0. The molecule has 0 saturated carbocycles. The summed E-state index contributed by atoms with van der Waals surface area (Å²) < 4.78 is 1.11. The van der Waals surface area contributed by atoms with Gasteiger partial charge >= 0.3 is 0 Å². The summed E-state index contributed by atoms with van der Waals surface area (Å²) >= 11 is 6.87. The third-order valence-corrected chi connectivity index (χ3v) is 4.84. The van der Waals surface area contributed by atoms with Crippen molar-refractivity contribution in [3.63, 3.8) is 0 Å². The maximum Gasteiger partial charge on any atom is 0.0794 e. The highest BCUT2D eigenvalue weighted by molar-refractivity contribution is 9.10. The molecule has 1 unspecified atom stereocenters. The summed E-state index contributed by atoms with van der Waals surface area (Å²) in [6, 6.07) is 2.19. The van der Waals surface area contributed by atoms with Crippen molar-refractivity contribution >= 4 is 38.6 Å². The lowest BCUT2D eigenvalue weighted by Gasteiger charge is -2.13. The van der Waals surface area contributed by atoms with Crippen LogP contribution >= 0.6 is 38.6 Å². The van der Waals surface area contributed by atoms with Crippen LogP contribution in [-0.4, -0.2) is 4.98 Å². The Balaban J connectivity index is 2.15. The molecule has 0 fully saturated rings. The van der Waals surface area contributed by atoms with Crippen molar-refractivity contribution in [3.05, 3.63) is 37.4 Å². The number of hydrogen-bond donors (Lipinski definition) is 2. The second-order valence-corrected chi connectivity index (χ2v) is 5.80. The molecule has 6 heteroatoms. The van der Waals surface area contributed by atoms with Crippen LogP contribution in [0, 0.1) is 0 Å². The lowest BCUT2D eigenvalue weighted by molar-refractivity contribution is 0.562. The Morgan fingerprint density at radius 3 is 2.93 bits per heavy atom. The molecule has 0 saturated heterocycles. The van der Waals surface area contributed by atoms with E-state index < -0.39 is 0 Å². The molecule has 15 heavy (non-hydrogen) atoms. The Labute approximate surface area is 104 Å². The summed E-state index contributed by atoms with van der Waals surface area (Å²) in [4.78, 5) is 6.52. The monoisotopic (exact) mass is 303 g/mol. The third-order valence-electron chi connectivity index (χ3n) is 2.05. The summed E-state index contributed by atoms with van der Waals surface area (Å²) in [6.45, 7) is 0. The maximum atomic E-state index is 5.57. The lowest BCUT2D eigenvalue weighted by Crippen LogP contribution is -2.28. The van der Waals surface area contributed by atoms with Crippen LogP contribution < -0.4 is 11.3 Å². The van der Waals surface area contributed by atoms with E-state index in [0.29, 0.717) is 0 Å². The molecule has 3 nitrogen and oxygen atoms in total. The van der Waals surface area contributed by atoms with Crippen molar-refractivity contribution in [2.45, 2.75) is 12.5 Å². The van der Waals surface area contributed by atoms with E-state index in [9.17, 15) is 0 Å². The summed E-state index contributed by atoms with van der Waals surface area (Å²) in [5.74, 6) is 5.57. The lowest BCUT2D eigenvalue weighted by atomic mass is 10.1. The Hall–Kier alpha value is -0.270. The Morgan fingerprint density at radius 2 is 2.40 bits per heavy atom.